The molecule has 10 heavy (non-hydrogen) atoms. The lowest BCUT2D eigenvalue weighted by atomic mass is 10.8. The largest absolute Gasteiger partial charge is 0.464 e. The fourth-order valence-electron chi connectivity index (χ4n) is 0.392. The highest BCUT2D eigenvalue weighted by Crippen LogP contribution is 2.03. The smallest absolute Gasteiger partial charge is 0.423 e. The van der Waals surface area contributed by atoms with Crippen molar-refractivity contribution in [2.45, 2.75) is 0 Å². The van der Waals surface area contributed by atoms with E-state index in [0.29, 0.717) is 5.82 Å². The van der Waals surface area contributed by atoms with Crippen LogP contribution in [-0.2, 0) is 0 Å². The molecule has 1 rings (SSSR count). The number of hydrogen-bond donors (Lipinski definition) is 3. The van der Waals surface area contributed by atoms with Gasteiger partial charge in [-0.3, -0.25) is 5.43 Å². The van der Waals surface area contributed by atoms with Gasteiger partial charge >= 0.3 is 6.09 Å². The molecule has 0 aromatic carbocycles. The monoisotopic (exact) mass is 159 g/mol. The Morgan fingerprint density at radius 3 is 3.10 bits per heavy atom. The number of hydrazine groups is 1. The summed E-state index contributed by atoms with van der Waals surface area (Å²) in [6, 6.07) is 0. The van der Waals surface area contributed by atoms with E-state index in [-0.39, 0.29) is 0 Å². The highest BCUT2D eigenvalue weighted by molar-refractivity contribution is 7.07. The highest BCUT2D eigenvalue weighted by atomic mass is 32.1. The van der Waals surface area contributed by atoms with Crippen LogP contribution in [0.1, 0.15) is 0 Å². The molecule has 6 heteroatoms. The Balaban J connectivity index is 2.35. The van der Waals surface area contributed by atoms with Gasteiger partial charge in [0.1, 0.15) is 0 Å². The summed E-state index contributed by atoms with van der Waals surface area (Å²) in [6.07, 6.45) is -1.13. The normalized spacial score (nSPS) is 8.80. The maximum Gasteiger partial charge on any atom is 0.423 e. The molecule has 0 aliphatic heterocycles. The average molecular weight is 159 g/mol. The number of carbonyl (C=O) groups is 1. The molecular weight excluding hydrogens is 154 g/mol. The second-order valence-electron chi connectivity index (χ2n) is 1.43. The second-order valence-corrected chi connectivity index (χ2v) is 2.15. The lowest BCUT2D eigenvalue weighted by Gasteiger charge is -1.98. The Kier molecular flexibility index (Phi) is 2.06. The van der Waals surface area contributed by atoms with Crippen LogP contribution in [0.25, 0.3) is 0 Å². The molecule has 0 spiro atoms. The number of rotatable bonds is 2. The summed E-state index contributed by atoms with van der Waals surface area (Å²) in [7, 11) is 0. The van der Waals surface area contributed by atoms with E-state index in [4.69, 9.17) is 5.11 Å². The molecule has 5 nitrogen and oxygen atoms in total. The maximum absolute atomic E-state index is 9.90. The first-order valence-corrected chi connectivity index (χ1v) is 3.36. The molecule has 0 saturated heterocycles. The molecule has 0 unspecified atom stereocenters. The molecule has 0 radical (unpaired) electrons. The molecule has 0 saturated carbocycles. The van der Waals surface area contributed by atoms with Crippen molar-refractivity contribution in [3.63, 3.8) is 0 Å². The van der Waals surface area contributed by atoms with Crippen molar-refractivity contribution in [3.05, 3.63) is 10.9 Å². The molecule has 0 aliphatic carbocycles. The predicted molar refractivity (Wildman–Crippen MR) is 36.9 cm³/mol. The predicted octanol–water partition coefficient (Wildman–Crippen LogP) is 0.738. The van der Waals surface area contributed by atoms with Crippen molar-refractivity contribution >= 4 is 23.2 Å². The first kappa shape index (κ1) is 6.81. The number of anilines is 1. The Bertz CT molecular complexity index is 210. The van der Waals surface area contributed by atoms with Gasteiger partial charge in [-0.2, -0.15) is 0 Å². The van der Waals surface area contributed by atoms with Gasteiger partial charge < -0.3 is 5.11 Å². The maximum atomic E-state index is 9.90. The van der Waals surface area contributed by atoms with Crippen molar-refractivity contribution < 1.29 is 9.90 Å². The van der Waals surface area contributed by atoms with Crippen LogP contribution < -0.4 is 10.9 Å². The quantitative estimate of drug-likeness (QED) is 0.556. The third kappa shape index (κ3) is 1.90. The van der Waals surface area contributed by atoms with Crippen LogP contribution in [0.4, 0.5) is 10.6 Å². The molecule has 0 atom stereocenters. The molecule has 1 aromatic heterocycles. The Morgan fingerprint density at radius 1 is 1.80 bits per heavy atom. The fourth-order valence-corrected chi connectivity index (χ4v) is 0.876. The zero-order valence-electron chi connectivity index (χ0n) is 4.87. The Morgan fingerprint density at radius 2 is 2.60 bits per heavy atom. The summed E-state index contributed by atoms with van der Waals surface area (Å²) in [5.41, 5.74) is 5.94. The van der Waals surface area contributed by atoms with E-state index in [1.165, 1.54) is 11.3 Å². The van der Waals surface area contributed by atoms with Gasteiger partial charge in [-0.25, -0.2) is 15.2 Å². The number of nitrogens with one attached hydrogen (secondary N) is 2. The summed E-state index contributed by atoms with van der Waals surface area (Å²) >= 11 is 1.38. The third-order valence-electron chi connectivity index (χ3n) is 0.730. The van der Waals surface area contributed by atoms with Gasteiger partial charge in [0, 0.05) is 5.38 Å². The number of nitrogens with zero attached hydrogens (tertiary/aromatic N) is 1. The summed E-state index contributed by atoms with van der Waals surface area (Å²) < 4.78 is 0. The minimum atomic E-state index is -1.13. The first-order chi connectivity index (χ1) is 4.79. The van der Waals surface area contributed by atoms with E-state index in [1.54, 1.807) is 10.9 Å². The van der Waals surface area contributed by atoms with Crippen LogP contribution in [0.5, 0.6) is 0 Å². The van der Waals surface area contributed by atoms with Gasteiger partial charge in [-0.1, -0.05) is 0 Å². The van der Waals surface area contributed by atoms with Crippen molar-refractivity contribution in [3.8, 4) is 0 Å². The lowest BCUT2D eigenvalue weighted by Crippen LogP contribution is -2.27. The van der Waals surface area contributed by atoms with Crippen LogP contribution in [0, 0.1) is 0 Å². The molecule has 1 aromatic rings. The SMILES string of the molecule is O=C(O)NNc1cscn1. The molecular formula is C4H5N3O2S. The Hall–Kier alpha value is -1.30. The number of hydrogen-bond acceptors (Lipinski definition) is 4. The lowest BCUT2D eigenvalue weighted by molar-refractivity contribution is 0.197. The van der Waals surface area contributed by atoms with Crippen molar-refractivity contribution in [2.24, 2.45) is 0 Å². The van der Waals surface area contributed by atoms with Gasteiger partial charge in [0.25, 0.3) is 0 Å². The zero-order chi connectivity index (χ0) is 7.40. The molecule has 1 heterocycles. The number of thiazole rings is 1. The summed E-state index contributed by atoms with van der Waals surface area (Å²) in [4.78, 5) is 13.7. The summed E-state index contributed by atoms with van der Waals surface area (Å²) in [6.45, 7) is 0. The van der Waals surface area contributed by atoms with Crippen LogP contribution in [0.3, 0.4) is 0 Å². The van der Waals surface area contributed by atoms with Gasteiger partial charge in [-0.05, 0) is 0 Å². The molecule has 0 bridgehead atoms. The molecule has 0 aliphatic rings. The molecule has 54 valence electrons. The van der Waals surface area contributed by atoms with Gasteiger partial charge in [0.2, 0.25) is 0 Å². The van der Waals surface area contributed by atoms with Crippen LogP contribution in [0.15, 0.2) is 10.9 Å². The van der Waals surface area contributed by atoms with Gasteiger partial charge in [-0.15, -0.1) is 11.3 Å². The van der Waals surface area contributed by atoms with E-state index in [2.05, 4.69) is 10.4 Å². The first-order valence-electron chi connectivity index (χ1n) is 2.42. The van der Waals surface area contributed by atoms with Crippen molar-refractivity contribution in [1.29, 1.82) is 0 Å². The van der Waals surface area contributed by atoms with E-state index in [1.807, 2.05) is 5.43 Å². The molecule has 0 fully saturated rings. The van der Waals surface area contributed by atoms with Crippen LogP contribution in [0.2, 0.25) is 0 Å². The standard InChI is InChI=1S/C4H5N3O2S/c8-4(9)7-6-3-1-10-2-5-3/h1-2,6-7H,(H,8,9). The average Bonchev–Trinajstić information content (AvgIpc) is 2.34. The van der Waals surface area contributed by atoms with Crippen LogP contribution >= 0.6 is 11.3 Å². The Labute approximate surface area is 60.7 Å². The zero-order valence-corrected chi connectivity index (χ0v) is 5.68. The fraction of sp³-hybridized carbons (Fsp3) is 0. The molecule has 3 N–H and O–H groups in total. The van der Waals surface area contributed by atoms with E-state index in [9.17, 15) is 4.79 Å². The van der Waals surface area contributed by atoms with Gasteiger partial charge in [0.05, 0.1) is 5.51 Å². The topological polar surface area (TPSA) is 74.2 Å². The summed E-state index contributed by atoms with van der Waals surface area (Å²) in [5.74, 6) is 0.507. The van der Waals surface area contributed by atoms with E-state index in [0.717, 1.165) is 0 Å². The molecule has 1 amide bonds. The highest BCUT2D eigenvalue weighted by Gasteiger charge is 1.93. The number of aromatic nitrogens is 1. The number of carboxylic acid groups (broad SMARTS) is 1. The minimum absolute atomic E-state index is 0.507. The van der Waals surface area contributed by atoms with E-state index < -0.39 is 6.09 Å². The minimum Gasteiger partial charge on any atom is -0.464 e. The van der Waals surface area contributed by atoms with Crippen LogP contribution in [-0.4, -0.2) is 16.2 Å². The van der Waals surface area contributed by atoms with Crippen molar-refractivity contribution in [2.75, 3.05) is 5.43 Å². The second kappa shape index (κ2) is 3.02. The van der Waals surface area contributed by atoms with Crippen molar-refractivity contribution in [1.82, 2.24) is 10.4 Å². The summed E-state index contributed by atoms with van der Waals surface area (Å²) in [5, 5.41) is 9.80. The third-order valence-corrected chi connectivity index (χ3v) is 1.32. The number of amides is 1. The van der Waals surface area contributed by atoms with E-state index >= 15 is 0 Å². The van der Waals surface area contributed by atoms with Gasteiger partial charge in [0.15, 0.2) is 5.82 Å².